The Morgan fingerprint density at radius 3 is 1.66 bits per heavy atom. The fourth-order valence-corrected chi connectivity index (χ4v) is 9.56. The normalized spacial score (nSPS) is 12.9. The van der Waals surface area contributed by atoms with Gasteiger partial charge in [0.1, 0.15) is 0 Å². The summed E-state index contributed by atoms with van der Waals surface area (Å²) < 4.78 is 2.66. The lowest BCUT2D eigenvalue weighted by Gasteiger charge is -2.26. The molecule has 2 heteroatoms. The zero-order valence-electron chi connectivity index (χ0n) is 29.8. The van der Waals surface area contributed by atoms with Crippen LogP contribution < -0.4 is 4.90 Å². The molecule has 1 aliphatic rings. The van der Waals surface area contributed by atoms with E-state index in [1.807, 2.05) is 11.3 Å². The maximum absolute atomic E-state index is 2.46. The third kappa shape index (κ3) is 5.29. The van der Waals surface area contributed by atoms with E-state index >= 15 is 0 Å². The van der Waals surface area contributed by atoms with Gasteiger partial charge in [0.05, 0.1) is 0 Å². The predicted molar refractivity (Wildman–Crippen MR) is 228 cm³/mol. The van der Waals surface area contributed by atoms with Gasteiger partial charge in [-0.3, -0.25) is 0 Å². The Kier molecular flexibility index (Phi) is 7.42. The maximum atomic E-state index is 2.46. The third-order valence-electron chi connectivity index (χ3n) is 11.1. The molecule has 252 valence electrons. The highest BCUT2D eigenvalue weighted by molar-refractivity contribution is 7.26. The minimum atomic E-state index is -0.0544. The van der Waals surface area contributed by atoms with Gasteiger partial charge in [0.15, 0.2) is 0 Å². The molecule has 0 bridgehead atoms. The Hall–Kier alpha value is -6.22. The van der Waals surface area contributed by atoms with Crippen LogP contribution in [0.15, 0.2) is 188 Å². The quantitative estimate of drug-likeness (QED) is 0.167. The summed E-state index contributed by atoms with van der Waals surface area (Å²) in [5, 5.41) is 2.63. The first-order valence-electron chi connectivity index (χ1n) is 18.3. The van der Waals surface area contributed by atoms with Gasteiger partial charge in [-0.25, -0.2) is 0 Å². The van der Waals surface area contributed by atoms with Gasteiger partial charge in [0.25, 0.3) is 0 Å². The molecular weight excluding hydrogens is 659 g/mol. The van der Waals surface area contributed by atoms with E-state index < -0.39 is 0 Å². The van der Waals surface area contributed by atoms with Crippen molar-refractivity contribution in [1.29, 1.82) is 0 Å². The van der Waals surface area contributed by atoms with E-state index in [1.165, 1.54) is 75.8 Å². The van der Waals surface area contributed by atoms with E-state index in [9.17, 15) is 0 Å². The minimum absolute atomic E-state index is 0.0544. The molecule has 1 heterocycles. The molecule has 0 N–H and O–H groups in total. The van der Waals surface area contributed by atoms with Crippen molar-refractivity contribution in [2.24, 2.45) is 0 Å². The highest BCUT2D eigenvalue weighted by Gasteiger charge is 2.35. The van der Waals surface area contributed by atoms with Crippen LogP contribution in [0.2, 0.25) is 0 Å². The van der Waals surface area contributed by atoms with Gasteiger partial charge in [-0.2, -0.15) is 0 Å². The maximum Gasteiger partial charge on any atom is 0.0462 e. The minimum Gasteiger partial charge on any atom is -0.311 e. The Morgan fingerprint density at radius 1 is 0.377 bits per heavy atom. The Labute approximate surface area is 315 Å². The Morgan fingerprint density at radius 2 is 0.925 bits per heavy atom. The fourth-order valence-electron chi connectivity index (χ4n) is 8.34. The van der Waals surface area contributed by atoms with E-state index in [0.29, 0.717) is 0 Å². The molecule has 0 fully saturated rings. The largest absolute Gasteiger partial charge is 0.311 e. The van der Waals surface area contributed by atoms with Crippen LogP contribution in [0, 0.1) is 0 Å². The van der Waals surface area contributed by atoms with Crippen molar-refractivity contribution in [1.82, 2.24) is 0 Å². The Bertz CT molecular complexity index is 2780. The molecule has 0 unspecified atom stereocenters. The molecule has 0 radical (unpaired) electrons. The number of fused-ring (bicyclic) bond motifs is 6. The summed E-state index contributed by atoms with van der Waals surface area (Å²) in [6.07, 6.45) is 0. The van der Waals surface area contributed by atoms with Crippen molar-refractivity contribution in [3.8, 4) is 44.5 Å². The first kappa shape index (κ1) is 31.5. The number of hydrogen-bond acceptors (Lipinski definition) is 2. The van der Waals surface area contributed by atoms with E-state index in [4.69, 9.17) is 0 Å². The second-order valence-corrected chi connectivity index (χ2v) is 15.6. The number of para-hydroxylation sites is 1. The predicted octanol–water partition coefficient (Wildman–Crippen LogP) is 14.8. The molecule has 9 aromatic rings. The van der Waals surface area contributed by atoms with Gasteiger partial charge in [-0.1, -0.05) is 141 Å². The molecule has 53 heavy (non-hydrogen) atoms. The lowest BCUT2D eigenvalue weighted by atomic mass is 9.81. The van der Waals surface area contributed by atoms with Crippen molar-refractivity contribution in [3.63, 3.8) is 0 Å². The van der Waals surface area contributed by atoms with Crippen LogP contribution in [-0.2, 0) is 5.41 Å². The lowest BCUT2D eigenvalue weighted by Crippen LogP contribution is -2.14. The van der Waals surface area contributed by atoms with Crippen LogP contribution >= 0.6 is 11.3 Å². The number of nitrogens with zero attached hydrogens (tertiary/aromatic N) is 1. The average molecular weight is 696 g/mol. The summed E-state index contributed by atoms with van der Waals surface area (Å²) >= 11 is 1.90. The van der Waals surface area contributed by atoms with Crippen molar-refractivity contribution >= 4 is 48.6 Å². The first-order chi connectivity index (χ1) is 26.0. The van der Waals surface area contributed by atoms with Crippen LogP contribution in [0.5, 0.6) is 0 Å². The van der Waals surface area contributed by atoms with Gasteiger partial charge in [0, 0.05) is 48.2 Å². The molecule has 0 saturated carbocycles. The van der Waals surface area contributed by atoms with E-state index in [0.717, 1.165) is 17.1 Å². The molecule has 0 saturated heterocycles. The van der Waals surface area contributed by atoms with Crippen molar-refractivity contribution in [2.45, 2.75) is 19.3 Å². The van der Waals surface area contributed by atoms with Crippen LogP contribution in [0.1, 0.15) is 25.0 Å². The number of anilines is 3. The van der Waals surface area contributed by atoms with Crippen LogP contribution in [0.3, 0.4) is 0 Å². The summed E-state index contributed by atoms with van der Waals surface area (Å²) in [4.78, 5) is 2.34. The van der Waals surface area contributed by atoms with Gasteiger partial charge in [-0.05, 0) is 111 Å². The molecule has 1 nitrogen and oxygen atoms in total. The molecule has 0 spiro atoms. The standard InChI is InChI=1S/C51H37NS/c1-51(2)47-19-11-9-17-42(47)43-30-25-37(33-48(43)51)45-31-38(32-46-44-18-10-12-20-49(44)53-50(45)46)36-23-28-41(29-24-36)52(39-15-7-4-8-16-39)40-26-21-35(22-27-40)34-13-5-3-6-14-34/h3-33H,1-2H3. The fraction of sp³-hybridized carbons (Fsp3) is 0.0588. The smallest absolute Gasteiger partial charge is 0.0462 e. The van der Waals surface area contributed by atoms with Crippen molar-refractivity contribution in [2.75, 3.05) is 4.90 Å². The Balaban J connectivity index is 1.08. The third-order valence-corrected chi connectivity index (χ3v) is 12.3. The van der Waals surface area contributed by atoms with Gasteiger partial charge >= 0.3 is 0 Å². The molecular formula is C51H37NS. The first-order valence-corrected chi connectivity index (χ1v) is 19.2. The molecule has 10 rings (SSSR count). The molecule has 0 atom stereocenters. The zero-order chi connectivity index (χ0) is 35.5. The number of hydrogen-bond donors (Lipinski definition) is 0. The average Bonchev–Trinajstić information content (AvgIpc) is 3.71. The lowest BCUT2D eigenvalue weighted by molar-refractivity contribution is 0.660. The topological polar surface area (TPSA) is 3.24 Å². The highest BCUT2D eigenvalue weighted by atomic mass is 32.1. The van der Waals surface area contributed by atoms with Crippen molar-refractivity contribution in [3.05, 3.63) is 199 Å². The second-order valence-electron chi connectivity index (χ2n) is 14.6. The van der Waals surface area contributed by atoms with Crippen LogP contribution in [0.25, 0.3) is 64.7 Å². The second kappa shape index (κ2) is 12.5. The van der Waals surface area contributed by atoms with E-state index in [2.05, 4.69) is 207 Å². The van der Waals surface area contributed by atoms with Crippen molar-refractivity contribution < 1.29 is 0 Å². The number of rotatable bonds is 6. The summed E-state index contributed by atoms with van der Waals surface area (Å²) in [7, 11) is 0. The van der Waals surface area contributed by atoms with Crippen LogP contribution in [-0.4, -0.2) is 0 Å². The van der Waals surface area contributed by atoms with Gasteiger partial charge < -0.3 is 4.90 Å². The molecule has 8 aromatic carbocycles. The SMILES string of the molecule is CC1(C)c2ccccc2-c2ccc(-c3cc(-c4ccc(N(c5ccccc5)c5ccc(-c6ccccc6)cc5)cc4)cc4c3sc3ccccc34)cc21. The molecule has 0 amide bonds. The van der Waals surface area contributed by atoms with E-state index in [1.54, 1.807) is 0 Å². The summed E-state index contributed by atoms with van der Waals surface area (Å²) in [5.41, 5.74) is 16.3. The summed E-state index contributed by atoms with van der Waals surface area (Å²) in [6, 6.07) is 68.9. The summed E-state index contributed by atoms with van der Waals surface area (Å²) in [6.45, 7) is 4.73. The number of thiophene rings is 1. The zero-order valence-corrected chi connectivity index (χ0v) is 30.6. The van der Waals surface area contributed by atoms with Gasteiger partial charge in [-0.15, -0.1) is 11.3 Å². The highest BCUT2D eigenvalue weighted by Crippen LogP contribution is 2.51. The van der Waals surface area contributed by atoms with E-state index in [-0.39, 0.29) is 5.41 Å². The molecule has 1 aliphatic carbocycles. The summed E-state index contributed by atoms with van der Waals surface area (Å²) in [5.74, 6) is 0. The monoisotopic (exact) mass is 695 g/mol. The number of benzene rings is 8. The van der Waals surface area contributed by atoms with Gasteiger partial charge in [0.2, 0.25) is 0 Å². The molecule has 1 aromatic heterocycles. The molecule has 0 aliphatic heterocycles. The van der Waals surface area contributed by atoms with Crippen LogP contribution in [0.4, 0.5) is 17.1 Å².